The van der Waals surface area contributed by atoms with Crippen molar-refractivity contribution in [3.63, 3.8) is 0 Å². The highest BCUT2D eigenvalue weighted by molar-refractivity contribution is 6.00. The van der Waals surface area contributed by atoms with E-state index in [9.17, 15) is 0 Å². The number of amidine groups is 1. The second kappa shape index (κ2) is 5.66. The Kier molecular flexibility index (Phi) is 3.87. The van der Waals surface area contributed by atoms with Crippen molar-refractivity contribution < 1.29 is 0 Å². The number of aromatic nitrogens is 1. The van der Waals surface area contributed by atoms with Crippen LogP contribution in [0.4, 0.5) is 5.82 Å². The van der Waals surface area contributed by atoms with Crippen LogP contribution in [-0.4, -0.2) is 22.9 Å². The molecule has 0 aromatic carbocycles. The minimum Gasteiger partial charge on any atom is -0.384 e. The third-order valence-corrected chi connectivity index (χ3v) is 5.07. The van der Waals surface area contributed by atoms with Crippen molar-refractivity contribution in [2.24, 2.45) is 5.73 Å². The van der Waals surface area contributed by atoms with Crippen molar-refractivity contribution in [2.45, 2.75) is 70.9 Å². The molecule has 1 aliphatic carbocycles. The molecule has 0 bridgehead atoms. The summed E-state index contributed by atoms with van der Waals surface area (Å²) in [7, 11) is 0. The smallest absolute Gasteiger partial charge is 0.140 e. The highest BCUT2D eigenvalue weighted by atomic mass is 15.3. The van der Waals surface area contributed by atoms with Crippen molar-refractivity contribution in [1.29, 1.82) is 5.41 Å². The van der Waals surface area contributed by atoms with Gasteiger partial charge in [0.2, 0.25) is 0 Å². The third kappa shape index (κ3) is 2.52. The summed E-state index contributed by atoms with van der Waals surface area (Å²) in [6.45, 7) is 4.50. The lowest BCUT2D eigenvalue weighted by Crippen LogP contribution is -2.37. The van der Waals surface area contributed by atoms with Crippen LogP contribution in [0, 0.1) is 5.41 Å². The molecular weight excluding hydrogens is 260 g/mol. The van der Waals surface area contributed by atoms with Crippen molar-refractivity contribution in [2.75, 3.05) is 4.90 Å². The van der Waals surface area contributed by atoms with Crippen LogP contribution in [0.5, 0.6) is 0 Å². The fourth-order valence-electron chi connectivity index (χ4n) is 3.87. The van der Waals surface area contributed by atoms with Gasteiger partial charge in [-0.1, -0.05) is 6.92 Å². The minimum atomic E-state index is 0.153. The maximum atomic E-state index is 7.96. The first kappa shape index (κ1) is 14.4. The first-order valence-corrected chi connectivity index (χ1v) is 8.27. The van der Waals surface area contributed by atoms with Crippen molar-refractivity contribution in [3.8, 4) is 0 Å². The number of fused-ring (bicyclic) bond motifs is 1. The first-order chi connectivity index (χ1) is 10.1. The Morgan fingerprint density at radius 3 is 2.86 bits per heavy atom. The van der Waals surface area contributed by atoms with Crippen LogP contribution >= 0.6 is 0 Å². The molecule has 2 heterocycles. The minimum absolute atomic E-state index is 0.153. The highest BCUT2D eigenvalue weighted by Gasteiger charge is 2.33. The molecule has 3 N–H and O–H groups in total. The van der Waals surface area contributed by atoms with E-state index in [-0.39, 0.29) is 5.84 Å². The van der Waals surface area contributed by atoms with E-state index in [1.165, 1.54) is 36.9 Å². The Balaban J connectivity index is 2.09. The zero-order valence-electron chi connectivity index (χ0n) is 13.2. The molecule has 2 aliphatic rings. The van der Waals surface area contributed by atoms with Crippen molar-refractivity contribution >= 4 is 11.7 Å². The number of nitrogen functional groups attached to an aromatic ring is 1. The van der Waals surface area contributed by atoms with Crippen molar-refractivity contribution in [1.82, 2.24) is 4.98 Å². The zero-order chi connectivity index (χ0) is 15.0. The van der Waals surface area contributed by atoms with Gasteiger partial charge in [0.05, 0.1) is 5.56 Å². The SMILES string of the molecule is CCC1CCC(C)N1c1nc2c(cc1C(=N)N)CCCC2. The molecule has 1 saturated heterocycles. The predicted octanol–water partition coefficient (Wildman–Crippen LogP) is 3.01. The average molecular weight is 286 g/mol. The number of hydrogen-bond acceptors (Lipinski definition) is 3. The van der Waals surface area contributed by atoms with Crippen LogP contribution < -0.4 is 10.6 Å². The lowest BCUT2D eigenvalue weighted by molar-refractivity contribution is 0.612. The molecule has 114 valence electrons. The lowest BCUT2D eigenvalue weighted by Gasteiger charge is -2.32. The number of nitrogens with one attached hydrogen (secondary N) is 1. The van der Waals surface area contributed by atoms with Crippen molar-refractivity contribution in [3.05, 3.63) is 22.9 Å². The number of nitrogens with two attached hydrogens (primary N) is 1. The number of hydrogen-bond donors (Lipinski definition) is 2. The number of nitrogens with zero attached hydrogens (tertiary/aromatic N) is 2. The molecule has 0 amide bonds. The van der Waals surface area contributed by atoms with Gasteiger partial charge in [-0.25, -0.2) is 4.98 Å². The van der Waals surface area contributed by atoms with Gasteiger partial charge >= 0.3 is 0 Å². The van der Waals surface area contributed by atoms with Crippen LogP contribution in [0.1, 0.15) is 62.8 Å². The lowest BCUT2D eigenvalue weighted by atomic mass is 9.94. The molecule has 0 saturated carbocycles. The molecule has 0 spiro atoms. The highest BCUT2D eigenvalue weighted by Crippen LogP contribution is 2.35. The molecule has 1 fully saturated rings. The zero-order valence-corrected chi connectivity index (χ0v) is 13.2. The summed E-state index contributed by atoms with van der Waals surface area (Å²) in [5, 5.41) is 7.96. The van der Waals surface area contributed by atoms with Crippen LogP contribution in [0.15, 0.2) is 6.07 Å². The molecule has 1 aliphatic heterocycles. The number of anilines is 1. The summed E-state index contributed by atoms with van der Waals surface area (Å²) in [6, 6.07) is 3.16. The Hall–Kier alpha value is -1.58. The maximum Gasteiger partial charge on any atom is 0.140 e. The van der Waals surface area contributed by atoms with Gasteiger partial charge in [0.25, 0.3) is 0 Å². The fourth-order valence-corrected chi connectivity index (χ4v) is 3.87. The van der Waals surface area contributed by atoms with Crippen LogP contribution in [-0.2, 0) is 12.8 Å². The van der Waals surface area contributed by atoms with E-state index in [0.717, 1.165) is 30.6 Å². The van der Waals surface area contributed by atoms with E-state index < -0.39 is 0 Å². The van der Waals surface area contributed by atoms with Gasteiger partial charge in [0.15, 0.2) is 0 Å². The van der Waals surface area contributed by atoms with Gasteiger partial charge in [0, 0.05) is 17.8 Å². The Bertz CT molecular complexity index is 552. The maximum absolute atomic E-state index is 7.96. The van der Waals surface area contributed by atoms with Gasteiger partial charge in [0.1, 0.15) is 11.7 Å². The fraction of sp³-hybridized carbons (Fsp3) is 0.647. The van der Waals surface area contributed by atoms with E-state index in [2.05, 4.69) is 24.8 Å². The molecule has 2 unspecified atom stereocenters. The van der Waals surface area contributed by atoms with E-state index in [1.807, 2.05) is 0 Å². The van der Waals surface area contributed by atoms with Gasteiger partial charge in [-0.2, -0.15) is 0 Å². The summed E-state index contributed by atoms with van der Waals surface area (Å²) < 4.78 is 0. The second-order valence-electron chi connectivity index (χ2n) is 6.48. The molecular formula is C17H26N4. The van der Waals surface area contributed by atoms with E-state index in [1.54, 1.807) is 0 Å². The Morgan fingerprint density at radius 2 is 2.14 bits per heavy atom. The summed E-state index contributed by atoms with van der Waals surface area (Å²) in [4.78, 5) is 7.39. The molecule has 21 heavy (non-hydrogen) atoms. The van der Waals surface area contributed by atoms with Gasteiger partial charge in [-0.3, -0.25) is 5.41 Å². The van der Waals surface area contributed by atoms with E-state index >= 15 is 0 Å². The van der Waals surface area contributed by atoms with E-state index in [0.29, 0.717) is 12.1 Å². The standard InChI is InChI=1S/C17H26N4/c1-3-13-9-8-11(2)21(13)17-14(16(18)19)10-12-6-4-5-7-15(12)20-17/h10-11,13H,3-9H2,1-2H3,(H3,18,19). The molecule has 2 atom stereocenters. The summed E-state index contributed by atoms with van der Waals surface area (Å²) in [5.41, 5.74) is 9.23. The monoisotopic (exact) mass is 286 g/mol. The topological polar surface area (TPSA) is 66.0 Å². The number of aryl methyl sites for hydroxylation is 2. The molecule has 1 aromatic rings. The van der Waals surface area contributed by atoms with Crippen LogP contribution in [0.2, 0.25) is 0 Å². The summed E-state index contributed by atoms with van der Waals surface area (Å²) >= 11 is 0. The van der Waals surface area contributed by atoms with Gasteiger partial charge < -0.3 is 10.6 Å². The number of rotatable bonds is 3. The second-order valence-corrected chi connectivity index (χ2v) is 6.48. The number of pyridine rings is 1. The average Bonchev–Trinajstić information content (AvgIpc) is 2.86. The molecule has 3 rings (SSSR count). The molecule has 0 radical (unpaired) electrons. The van der Waals surface area contributed by atoms with Gasteiger partial charge in [-0.15, -0.1) is 0 Å². The van der Waals surface area contributed by atoms with E-state index in [4.69, 9.17) is 16.1 Å². The van der Waals surface area contributed by atoms with Crippen LogP contribution in [0.3, 0.4) is 0 Å². The summed E-state index contributed by atoms with van der Waals surface area (Å²) in [5.74, 6) is 1.11. The molecule has 4 heteroatoms. The quantitative estimate of drug-likeness (QED) is 0.663. The Labute approximate surface area is 127 Å². The normalized spacial score (nSPS) is 25.0. The first-order valence-electron chi connectivity index (χ1n) is 8.27. The third-order valence-electron chi connectivity index (χ3n) is 5.07. The largest absolute Gasteiger partial charge is 0.384 e. The predicted molar refractivity (Wildman–Crippen MR) is 87.1 cm³/mol. The van der Waals surface area contributed by atoms with Gasteiger partial charge in [-0.05, 0) is 63.5 Å². The Morgan fingerprint density at radius 1 is 1.38 bits per heavy atom. The molecule has 1 aromatic heterocycles. The summed E-state index contributed by atoms with van der Waals surface area (Å²) in [6.07, 6.45) is 8.15. The van der Waals surface area contributed by atoms with Crippen LogP contribution in [0.25, 0.3) is 0 Å². The molecule has 4 nitrogen and oxygen atoms in total.